The van der Waals surface area contributed by atoms with Gasteiger partial charge >= 0.3 is 0 Å². The maximum absolute atomic E-state index is 5.64. The van der Waals surface area contributed by atoms with Gasteiger partial charge in [-0.15, -0.1) is 0 Å². The van der Waals surface area contributed by atoms with Gasteiger partial charge in [0.25, 0.3) is 0 Å². The number of anilines is 1. The number of benzene rings is 2. The summed E-state index contributed by atoms with van der Waals surface area (Å²) in [6, 6.07) is 16.4. The highest BCUT2D eigenvalue weighted by molar-refractivity contribution is 7.80. The Kier molecular flexibility index (Phi) is 4.49. The molecule has 1 fully saturated rings. The van der Waals surface area contributed by atoms with E-state index in [1.54, 1.807) is 0 Å². The van der Waals surface area contributed by atoms with Gasteiger partial charge in [-0.3, -0.25) is 0 Å². The molecule has 1 saturated carbocycles. The lowest BCUT2D eigenvalue weighted by Crippen LogP contribution is -2.45. The van der Waals surface area contributed by atoms with Crippen molar-refractivity contribution in [3.63, 3.8) is 0 Å². The van der Waals surface area contributed by atoms with Crippen molar-refractivity contribution in [2.24, 2.45) is 0 Å². The summed E-state index contributed by atoms with van der Waals surface area (Å²) in [5.74, 6) is 1.55. The predicted molar refractivity (Wildman–Crippen MR) is 103 cm³/mol. The van der Waals surface area contributed by atoms with Crippen LogP contribution in [0.4, 0.5) is 5.69 Å². The molecule has 2 aromatic carbocycles. The maximum Gasteiger partial charge on any atom is 0.171 e. The highest BCUT2D eigenvalue weighted by atomic mass is 32.1. The van der Waals surface area contributed by atoms with Crippen molar-refractivity contribution in [2.75, 3.05) is 18.5 Å². The van der Waals surface area contributed by atoms with Gasteiger partial charge in [-0.05, 0) is 42.8 Å². The van der Waals surface area contributed by atoms with Crippen LogP contribution in [0.25, 0.3) is 0 Å². The number of hydrogen-bond acceptors (Lipinski definition) is 3. The molecule has 1 aliphatic heterocycles. The van der Waals surface area contributed by atoms with Crippen molar-refractivity contribution in [3.8, 4) is 11.5 Å². The van der Waals surface area contributed by atoms with Crippen LogP contribution in [0.15, 0.2) is 48.5 Å². The van der Waals surface area contributed by atoms with Crippen LogP contribution < -0.4 is 20.1 Å². The van der Waals surface area contributed by atoms with E-state index in [1.807, 2.05) is 18.2 Å². The summed E-state index contributed by atoms with van der Waals surface area (Å²) in [4.78, 5) is 0. The smallest absolute Gasteiger partial charge is 0.171 e. The van der Waals surface area contributed by atoms with E-state index in [0.29, 0.717) is 18.3 Å². The third-order valence-corrected chi connectivity index (χ3v) is 5.14. The van der Waals surface area contributed by atoms with E-state index in [2.05, 4.69) is 41.0 Å². The summed E-state index contributed by atoms with van der Waals surface area (Å²) in [6.45, 7) is 1.18. The molecule has 1 aliphatic carbocycles. The van der Waals surface area contributed by atoms with E-state index in [0.717, 1.165) is 30.0 Å². The van der Waals surface area contributed by atoms with Crippen LogP contribution in [-0.4, -0.2) is 18.3 Å². The van der Waals surface area contributed by atoms with Gasteiger partial charge < -0.3 is 20.1 Å². The summed E-state index contributed by atoms with van der Waals surface area (Å²) in [5.41, 5.74) is 2.14. The van der Waals surface area contributed by atoms with Gasteiger partial charge in [0.15, 0.2) is 16.6 Å². The fourth-order valence-electron chi connectivity index (χ4n) is 3.72. The first-order valence-electron chi connectivity index (χ1n) is 8.80. The number of rotatable bonds is 3. The molecule has 0 unspecified atom stereocenters. The fourth-order valence-corrected chi connectivity index (χ4v) is 4.04. The van der Waals surface area contributed by atoms with E-state index in [9.17, 15) is 0 Å². The highest BCUT2D eigenvalue weighted by Crippen LogP contribution is 2.39. The molecule has 0 saturated heterocycles. The topological polar surface area (TPSA) is 42.5 Å². The molecule has 2 aliphatic rings. The monoisotopic (exact) mass is 354 g/mol. The summed E-state index contributed by atoms with van der Waals surface area (Å²) in [7, 11) is 0. The van der Waals surface area contributed by atoms with Gasteiger partial charge in [0.05, 0.1) is 5.54 Å². The molecule has 0 radical (unpaired) electrons. The second-order valence-electron chi connectivity index (χ2n) is 6.59. The molecule has 5 heteroatoms. The van der Waals surface area contributed by atoms with E-state index >= 15 is 0 Å². The molecule has 2 aromatic rings. The molecule has 4 rings (SSSR count). The summed E-state index contributed by atoms with van der Waals surface area (Å²) < 4.78 is 11.2. The predicted octanol–water partition coefficient (Wildman–Crippen LogP) is 4.21. The van der Waals surface area contributed by atoms with Crippen molar-refractivity contribution in [3.05, 3.63) is 54.1 Å². The van der Waals surface area contributed by atoms with E-state index in [1.165, 1.54) is 18.4 Å². The normalized spacial score (nSPS) is 17.8. The molecule has 0 aromatic heterocycles. The number of thiocarbonyl (C=S) groups is 1. The minimum absolute atomic E-state index is 0.0703. The zero-order valence-electron chi connectivity index (χ0n) is 14.1. The lowest BCUT2D eigenvalue weighted by Gasteiger charge is -2.32. The number of nitrogens with one attached hydrogen (secondary N) is 2. The van der Waals surface area contributed by atoms with Crippen molar-refractivity contribution in [1.82, 2.24) is 5.32 Å². The first-order chi connectivity index (χ1) is 12.3. The average molecular weight is 354 g/mol. The molecule has 2 N–H and O–H groups in total. The molecule has 1 heterocycles. The Bertz CT molecular complexity index is 758. The second kappa shape index (κ2) is 6.92. The quantitative estimate of drug-likeness (QED) is 0.808. The molecule has 0 bridgehead atoms. The average Bonchev–Trinajstić information content (AvgIpc) is 3.12. The van der Waals surface area contributed by atoms with Crippen molar-refractivity contribution >= 4 is 23.0 Å². The molecule has 0 amide bonds. The van der Waals surface area contributed by atoms with Crippen LogP contribution in [-0.2, 0) is 5.54 Å². The van der Waals surface area contributed by atoms with Crippen LogP contribution >= 0.6 is 12.2 Å². The first-order valence-corrected chi connectivity index (χ1v) is 9.20. The first kappa shape index (κ1) is 16.2. The zero-order valence-corrected chi connectivity index (χ0v) is 14.9. The van der Waals surface area contributed by atoms with Gasteiger partial charge in [0, 0.05) is 11.8 Å². The largest absolute Gasteiger partial charge is 0.486 e. The fraction of sp³-hybridized carbons (Fsp3) is 0.350. The number of fused-ring (bicyclic) bond motifs is 1. The Hall–Kier alpha value is -2.27. The Morgan fingerprint density at radius 2 is 1.64 bits per heavy atom. The van der Waals surface area contributed by atoms with Crippen LogP contribution in [0.1, 0.15) is 31.2 Å². The summed E-state index contributed by atoms with van der Waals surface area (Å²) >= 11 is 5.60. The minimum atomic E-state index is -0.0703. The Balaban J connectivity index is 1.49. The number of ether oxygens (including phenoxy) is 2. The summed E-state index contributed by atoms with van der Waals surface area (Å²) in [6.07, 6.45) is 4.63. The number of hydrogen-bond donors (Lipinski definition) is 2. The maximum atomic E-state index is 5.64. The van der Waals surface area contributed by atoms with Gasteiger partial charge in [0.1, 0.15) is 13.2 Å². The van der Waals surface area contributed by atoms with Gasteiger partial charge in [0.2, 0.25) is 0 Å². The van der Waals surface area contributed by atoms with Gasteiger partial charge in [-0.1, -0.05) is 43.2 Å². The van der Waals surface area contributed by atoms with Gasteiger partial charge in [-0.25, -0.2) is 0 Å². The van der Waals surface area contributed by atoms with Crippen LogP contribution in [0.5, 0.6) is 11.5 Å². The van der Waals surface area contributed by atoms with E-state index in [-0.39, 0.29) is 5.54 Å². The van der Waals surface area contributed by atoms with Crippen LogP contribution in [0.2, 0.25) is 0 Å². The van der Waals surface area contributed by atoms with Gasteiger partial charge in [-0.2, -0.15) is 0 Å². The van der Waals surface area contributed by atoms with Crippen LogP contribution in [0, 0.1) is 0 Å². The molecular weight excluding hydrogens is 332 g/mol. The van der Waals surface area contributed by atoms with Crippen molar-refractivity contribution in [1.29, 1.82) is 0 Å². The highest BCUT2D eigenvalue weighted by Gasteiger charge is 2.36. The van der Waals surface area contributed by atoms with Crippen molar-refractivity contribution in [2.45, 2.75) is 31.2 Å². The molecule has 4 nitrogen and oxygen atoms in total. The zero-order chi connectivity index (χ0) is 17.1. The van der Waals surface area contributed by atoms with E-state index < -0.39 is 0 Å². The lowest BCUT2D eigenvalue weighted by atomic mass is 9.88. The van der Waals surface area contributed by atoms with Crippen molar-refractivity contribution < 1.29 is 9.47 Å². The standard InChI is InChI=1S/C20H22N2O2S/c25-19(21-16-8-9-17-18(14-16)24-13-12-23-17)22-20(10-4-5-11-20)15-6-2-1-3-7-15/h1-3,6-9,14H,4-5,10-13H2,(H2,21,22,25). The molecule has 130 valence electrons. The lowest BCUT2D eigenvalue weighted by molar-refractivity contribution is 0.171. The Morgan fingerprint density at radius 3 is 2.40 bits per heavy atom. The third kappa shape index (κ3) is 3.42. The van der Waals surface area contributed by atoms with Crippen LogP contribution in [0.3, 0.4) is 0 Å². The molecule has 0 spiro atoms. The SMILES string of the molecule is S=C(Nc1ccc2c(c1)OCCO2)NC1(c2ccccc2)CCCC1. The summed E-state index contributed by atoms with van der Waals surface area (Å²) in [5, 5.41) is 7.52. The van der Waals surface area contributed by atoms with E-state index in [4.69, 9.17) is 21.7 Å². The minimum Gasteiger partial charge on any atom is -0.486 e. The Morgan fingerprint density at radius 1 is 0.920 bits per heavy atom. The molecular formula is C20H22N2O2S. The second-order valence-corrected chi connectivity index (χ2v) is 7.00. The molecule has 0 atom stereocenters. The third-order valence-electron chi connectivity index (χ3n) is 4.94. The Labute approximate surface area is 153 Å². The molecule has 25 heavy (non-hydrogen) atoms.